The van der Waals surface area contributed by atoms with E-state index < -0.39 is 12.5 Å². The van der Waals surface area contributed by atoms with Gasteiger partial charge in [0.15, 0.2) is 0 Å². The van der Waals surface area contributed by atoms with Crippen molar-refractivity contribution in [2.24, 2.45) is 5.73 Å². The normalized spacial score (nSPS) is 11.7. The van der Waals surface area contributed by atoms with Gasteiger partial charge in [0.05, 0.1) is 6.54 Å². The first kappa shape index (κ1) is 9.06. The molecule has 0 aliphatic heterocycles. The number of hydrogen-bond donors (Lipinski definition) is 1. The van der Waals surface area contributed by atoms with Crippen LogP contribution in [0.25, 0.3) is 0 Å². The maximum absolute atomic E-state index is 13.0. The van der Waals surface area contributed by atoms with Gasteiger partial charge in [0.2, 0.25) is 0 Å². The first-order chi connectivity index (χ1) is 5.58. The number of alkyl halides is 2. The molecule has 66 valence electrons. The van der Waals surface area contributed by atoms with Crippen molar-refractivity contribution in [2.75, 3.05) is 6.54 Å². The molecule has 0 spiro atoms. The molecule has 2 N–H and O–H groups in total. The third-order valence-electron chi connectivity index (χ3n) is 1.67. The van der Waals surface area contributed by atoms with Crippen molar-refractivity contribution in [3.8, 4) is 0 Å². The number of halogens is 2. The van der Waals surface area contributed by atoms with Crippen LogP contribution >= 0.6 is 0 Å². The van der Waals surface area contributed by atoms with Gasteiger partial charge in [-0.25, -0.2) is 0 Å². The molecule has 0 aliphatic rings. The number of nitrogens with zero attached hydrogens (tertiary/aromatic N) is 1. The third-order valence-corrected chi connectivity index (χ3v) is 1.67. The van der Waals surface area contributed by atoms with Crippen LogP contribution in [0.3, 0.4) is 0 Å². The highest BCUT2D eigenvalue weighted by atomic mass is 19.3. The Bertz CT molecular complexity index is 274. The standard InChI is InChI=1S/C8H10F2N2/c1-6-4-12-3-2-7(6)8(9,10)5-11/h2-4H,5,11H2,1H3. The number of nitrogens with two attached hydrogens (primary N) is 1. The predicted molar refractivity (Wildman–Crippen MR) is 41.9 cm³/mol. The molecule has 1 rings (SSSR count). The van der Waals surface area contributed by atoms with Crippen molar-refractivity contribution in [2.45, 2.75) is 12.8 Å². The molecule has 0 aliphatic carbocycles. The van der Waals surface area contributed by atoms with Gasteiger partial charge in [-0.05, 0) is 18.6 Å². The first-order valence-electron chi connectivity index (χ1n) is 3.57. The van der Waals surface area contributed by atoms with E-state index in [0.717, 1.165) is 0 Å². The number of aryl methyl sites for hydroxylation is 1. The van der Waals surface area contributed by atoms with Gasteiger partial charge in [0, 0.05) is 18.0 Å². The molecule has 0 amide bonds. The molecule has 1 aromatic heterocycles. The van der Waals surface area contributed by atoms with Gasteiger partial charge in [-0.1, -0.05) is 0 Å². The molecule has 0 aromatic carbocycles. The predicted octanol–water partition coefficient (Wildman–Crippen LogP) is 1.44. The minimum Gasteiger partial charge on any atom is -0.325 e. The second kappa shape index (κ2) is 3.15. The molecule has 12 heavy (non-hydrogen) atoms. The minimum atomic E-state index is -2.94. The van der Waals surface area contributed by atoms with E-state index in [4.69, 9.17) is 5.73 Å². The van der Waals surface area contributed by atoms with E-state index in [2.05, 4.69) is 4.98 Å². The molecule has 0 saturated heterocycles. The monoisotopic (exact) mass is 172 g/mol. The Hall–Kier alpha value is -1.03. The molecule has 0 radical (unpaired) electrons. The van der Waals surface area contributed by atoms with E-state index in [1.165, 1.54) is 18.5 Å². The average molecular weight is 172 g/mol. The average Bonchev–Trinajstić information content (AvgIpc) is 2.05. The fraction of sp³-hybridized carbons (Fsp3) is 0.375. The second-order valence-corrected chi connectivity index (χ2v) is 2.60. The van der Waals surface area contributed by atoms with Gasteiger partial charge in [0.25, 0.3) is 5.92 Å². The fourth-order valence-corrected chi connectivity index (χ4v) is 0.994. The van der Waals surface area contributed by atoms with Crippen molar-refractivity contribution in [1.29, 1.82) is 0 Å². The van der Waals surface area contributed by atoms with E-state index in [9.17, 15) is 8.78 Å². The van der Waals surface area contributed by atoms with Gasteiger partial charge in [-0.3, -0.25) is 4.98 Å². The number of aromatic nitrogens is 1. The molecule has 1 heterocycles. The Balaban J connectivity index is 3.10. The van der Waals surface area contributed by atoms with E-state index in [-0.39, 0.29) is 5.56 Å². The summed E-state index contributed by atoms with van der Waals surface area (Å²) < 4.78 is 26.0. The largest absolute Gasteiger partial charge is 0.325 e. The van der Waals surface area contributed by atoms with Crippen LogP contribution in [0.5, 0.6) is 0 Å². The Kier molecular flexibility index (Phi) is 2.38. The van der Waals surface area contributed by atoms with Crippen LogP contribution in [-0.2, 0) is 5.92 Å². The van der Waals surface area contributed by atoms with E-state index >= 15 is 0 Å². The highest BCUT2D eigenvalue weighted by molar-refractivity contribution is 5.26. The van der Waals surface area contributed by atoms with Crippen molar-refractivity contribution < 1.29 is 8.78 Å². The van der Waals surface area contributed by atoms with E-state index in [1.54, 1.807) is 6.92 Å². The summed E-state index contributed by atoms with van der Waals surface area (Å²) >= 11 is 0. The molecule has 4 heteroatoms. The maximum atomic E-state index is 13.0. The van der Waals surface area contributed by atoms with Gasteiger partial charge >= 0.3 is 0 Å². The zero-order valence-electron chi connectivity index (χ0n) is 6.72. The molecule has 0 unspecified atom stereocenters. The summed E-state index contributed by atoms with van der Waals surface area (Å²) in [6.45, 7) is 0.920. The van der Waals surface area contributed by atoms with Crippen molar-refractivity contribution in [3.63, 3.8) is 0 Å². The van der Waals surface area contributed by atoms with Gasteiger partial charge in [0.1, 0.15) is 0 Å². The third kappa shape index (κ3) is 1.58. The van der Waals surface area contributed by atoms with Crippen LogP contribution in [0.15, 0.2) is 18.5 Å². The molecule has 2 nitrogen and oxygen atoms in total. The van der Waals surface area contributed by atoms with Crippen LogP contribution in [0.4, 0.5) is 8.78 Å². The van der Waals surface area contributed by atoms with Crippen molar-refractivity contribution >= 4 is 0 Å². The molecular weight excluding hydrogens is 162 g/mol. The molecule has 0 fully saturated rings. The summed E-state index contributed by atoms with van der Waals surface area (Å²) in [6, 6.07) is 1.29. The minimum absolute atomic E-state index is 0.0417. The summed E-state index contributed by atoms with van der Waals surface area (Å²) in [6.07, 6.45) is 2.74. The van der Waals surface area contributed by atoms with Crippen LogP contribution in [-0.4, -0.2) is 11.5 Å². The maximum Gasteiger partial charge on any atom is 0.285 e. The smallest absolute Gasteiger partial charge is 0.285 e. The summed E-state index contributed by atoms with van der Waals surface area (Å²) in [5.74, 6) is -2.94. The van der Waals surface area contributed by atoms with Crippen LogP contribution in [0, 0.1) is 6.92 Å². The summed E-state index contributed by atoms with van der Waals surface area (Å²) in [7, 11) is 0. The quantitative estimate of drug-likeness (QED) is 0.733. The van der Waals surface area contributed by atoms with Crippen molar-refractivity contribution in [3.05, 3.63) is 29.6 Å². The lowest BCUT2D eigenvalue weighted by atomic mass is 10.1. The van der Waals surface area contributed by atoms with Crippen LogP contribution in [0.2, 0.25) is 0 Å². The number of rotatable bonds is 2. The molecule has 1 aromatic rings. The van der Waals surface area contributed by atoms with E-state index in [0.29, 0.717) is 5.56 Å². The summed E-state index contributed by atoms with van der Waals surface area (Å²) in [5.41, 5.74) is 5.36. The zero-order valence-corrected chi connectivity index (χ0v) is 6.72. The lowest BCUT2D eigenvalue weighted by Gasteiger charge is -2.15. The fourth-order valence-electron chi connectivity index (χ4n) is 0.994. The molecular formula is C8H10F2N2. The topological polar surface area (TPSA) is 38.9 Å². The SMILES string of the molecule is Cc1cnccc1C(F)(F)CN. The number of hydrogen-bond acceptors (Lipinski definition) is 2. The summed E-state index contributed by atoms with van der Waals surface area (Å²) in [5, 5.41) is 0. The van der Waals surface area contributed by atoms with Gasteiger partial charge in [-0.15, -0.1) is 0 Å². The van der Waals surface area contributed by atoms with Crippen LogP contribution < -0.4 is 5.73 Å². The zero-order chi connectivity index (χ0) is 9.19. The molecule has 0 bridgehead atoms. The van der Waals surface area contributed by atoms with Crippen molar-refractivity contribution in [1.82, 2.24) is 4.98 Å². The molecule has 0 saturated carbocycles. The highest BCUT2D eigenvalue weighted by Crippen LogP contribution is 2.28. The Morgan fingerprint density at radius 2 is 2.25 bits per heavy atom. The Morgan fingerprint density at radius 3 is 2.75 bits per heavy atom. The second-order valence-electron chi connectivity index (χ2n) is 2.60. The summed E-state index contributed by atoms with van der Waals surface area (Å²) in [4.78, 5) is 3.72. The lowest BCUT2D eigenvalue weighted by Crippen LogP contribution is -2.26. The number of pyridine rings is 1. The Labute approximate surface area is 69.4 Å². The Morgan fingerprint density at radius 1 is 1.58 bits per heavy atom. The highest BCUT2D eigenvalue weighted by Gasteiger charge is 2.30. The van der Waals surface area contributed by atoms with Gasteiger partial charge in [-0.2, -0.15) is 8.78 Å². The lowest BCUT2D eigenvalue weighted by molar-refractivity contribution is 0.00523. The van der Waals surface area contributed by atoms with Gasteiger partial charge < -0.3 is 5.73 Å². The molecule has 0 atom stereocenters. The first-order valence-corrected chi connectivity index (χ1v) is 3.57. The van der Waals surface area contributed by atoms with E-state index in [1.807, 2.05) is 0 Å². The van der Waals surface area contributed by atoms with Crippen LogP contribution in [0.1, 0.15) is 11.1 Å².